The molecule has 3 rings (SSSR count). The summed E-state index contributed by atoms with van der Waals surface area (Å²) in [4.78, 5) is 13.1. The number of halogens is 2. The lowest BCUT2D eigenvalue weighted by molar-refractivity contribution is -0.0498. The molecule has 1 aromatic heterocycles. The van der Waals surface area contributed by atoms with Gasteiger partial charge in [0, 0.05) is 11.3 Å². The van der Waals surface area contributed by atoms with Crippen molar-refractivity contribution in [1.82, 2.24) is 0 Å². The molecule has 0 spiro atoms. The minimum Gasteiger partial charge on any atom is -0.435 e. The highest BCUT2D eigenvalue weighted by Gasteiger charge is 2.15. The second-order valence-electron chi connectivity index (χ2n) is 4.89. The molecule has 0 atom stereocenters. The summed E-state index contributed by atoms with van der Waals surface area (Å²) in [5.74, 6) is -0.199. The molecule has 2 aromatic carbocycles. The van der Waals surface area contributed by atoms with Crippen molar-refractivity contribution in [3.8, 4) is 16.9 Å². The molecule has 0 aliphatic rings. The molecule has 3 aromatic rings. The van der Waals surface area contributed by atoms with Gasteiger partial charge in [-0.05, 0) is 41.3 Å². The zero-order valence-electron chi connectivity index (χ0n) is 12.4. The van der Waals surface area contributed by atoms with Gasteiger partial charge in [-0.15, -0.1) is 11.3 Å². The molecule has 0 fully saturated rings. The average molecular weight is 345 g/mol. The third-order valence-corrected chi connectivity index (χ3v) is 4.21. The van der Waals surface area contributed by atoms with Gasteiger partial charge in [0.2, 0.25) is 0 Å². The van der Waals surface area contributed by atoms with Gasteiger partial charge in [0.05, 0.1) is 4.88 Å². The van der Waals surface area contributed by atoms with Crippen molar-refractivity contribution in [1.29, 1.82) is 0 Å². The van der Waals surface area contributed by atoms with Crippen LogP contribution in [0.1, 0.15) is 9.67 Å². The number of carbonyl (C=O) groups is 1. The van der Waals surface area contributed by atoms with E-state index >= 15 is 0 Å². The Balaban J connectivity index is 1.75. The van der Waals surface area contributed by atoms with Crippen molar-refractivity contribution in [2.45, 2.75) is 6.61 Å². The van der Waals surface area contributed by atoms with Crippen LogP contribution >= 0.6 is 11.3 Å². The van der Waals surface area contributed by atoms with Crippen molar-refractivity contribution in [3.63, 3.8) is 0 Å². The first-order valence-electron chi connectivity index (χ1n) is 7.12. The molecule has 122 valence electrons. The molecule has 24 heavy (non-hydrogen) atoms. The number of alkyl halides is 2. The van der Waals surface area contributed by atoms with E-state index in [1.165, 1.54) is 35.6 Å². The summed E-state index contributed by atoms with van der Waals surface area (Å²) < 4.78 is 28.5. The summed E-state index contributed by atoms with van der Waals surface area (Å²) >= 11 is 1.35. The summed E-state index contributed by atoms with van der Waals surface area (Å²) in [7, 11) is 0. The molecule has 0 radical (unpaired) electrons. The summed E-state index contributed by atoms with van der Waals surface area (Å²) in [6.45, 7) is -2.87. The number of benzene rings is 2. The molecule has 6 heteroatoms. The SMILES string of the molecule is O=C(Nc1ccc(OC(F)F)cc1)c1sccc1-c1ccccc1. The third kappa shape index (κ3) is 3.78. The topological polar surface area (TPSA) is 38.3 Å². The average Bonchev–Trinajstić information content (AvgIpc) is 3.07. The van der Waals surface area contributed by atoms with E-state index in [9.17, 15) is 13.6 Å². The summed E-state index contributed by atoms with van der Waals surface area (Å²) in [6.07, 6.45) is 0. The van der Waals surface area contributed by atoms with Crippen molar-refractivity contribution in [2.24, 2.45) is 0 Å². The molecule has 3 nitrogen and oxygen atoms in total. The number of hydrogen-bond acceptors (Lipinski definition) is 3. The van der Waals surface area contributed by atoms with Gasteiger partial charge in [0.1, 0.15) is 5.75 Å². The number of thiophene rings is 1. The predicted octanol–water partition coefficient (Wildman–Crippen LogP) is 5.27. The van der Waals surface area contributed by atoms with Crippen molar-refractivity contribution in [3.05, 3.63) is 70.9 Å². The van der Waals surface area contributed by atoms with Crippen molar-refractivity contribution in [2.75, 3.05) is 5.32 Å². The Morgan fingerprint density at radius 1 is 1.00 bits per heavy atom. The first-order chi connectivity index (χ1) is 11.6. The standard InChI is InChI=1S/C18H13F2NO2S/c19-18(20)23-14-8-6-13(7-9-14)21-17(22)16-15(10-11-24-16)12-4-2-1-3-5-12/h1-11,18H,(H,21,22). The van der Waals surface area contributed by atoms with Crippen LogP contribution in [0.5, 0.6) is 5.75 Å². The smallest absolute Gasteiger partial charge is 0.387 e. The number of hydrogen-bond donors (Lipinski definition) is 1. The Bertz CT molecular complexity index is 817. The maximum Gasteiger partial charge on any atom is 0.387 e. The fourth-order valence-electron chi connectivity index (χ4n) is 2.24. The van der Waals surface area contributed by atoms with Crippen LogP contribution in [0.2, 0.25) is 0 Å². The van der Waals surface area contributed by atoms with Gasteiger partial charge in [-0.2, -0.15) is 8.78 Å². The maximum absolute atomic E-state index is 12.5. The molecular weight excluding hydrogens is 332 g/mol. The minimum absolute atomic E-state index is 0.0455. The van der Waals surface area contributed by atoms with Gasteiger partial charge in [-0.25, -0.2) is 0 Å². The van der Waals surface area contributed by atoms with E-state index in [-0.39, 0.29) is 11.7 Å². The Hall–Kier alpha value is -2.73. The highest BCUT2D eigenvalue weighted by atomic mass is 32.1. The molecule has 1 heterocycles. The molecule has 1 N–H and O–H groups in total. The van der Waals surface area contributed by atoms with Gasteiger partial charge in [0.15, 0.2) is 0 Å². The Labute approximate surface area is 141 Å². The Morgan fingerprint density at radius 2 is 1.71 bits per heavy atom. The summed E-state index contributed by atoms with van der Waals surface area (Å²) in [5.41, 5.74) is 2.33. The lowest BCUT2D eigenvalue weighted by Crippen LogP contribution is -2.11. The van der Waals surface area contributed by atoms with E-state index in [1.807, 2.05) is 41.8 Å². The number of carbonyl (C=O) groups excluding carboxylic acids is 1. The van der Waals surface area contributed by atoms with Crippen LogP contribution in [0.4, 0.5) is 14.5 Å². The van der Waals surface area contributed by atoms with E-state index < -0.39 is 6.61 Å². The van der Waals surface area contributed by atoms with Crippen LogP contribution in [0.3, 0.4) is 0 Å². The van der Waals surface area contributed by atoms with E-state index in [4.69, 9.17) is 0 Å². The second-order valence-corrected chi connectivity index (χ2v) is 5.80. The van der Waals surface area contributed by atoms with Gasteiger partial charge < -0.3 is 10.1 Å². The highest BCUT2D eigenvalue weighted by molar-refractivity contribution is 7.12. The van der Waals surface area contributed by atoms with E-state index in [2.05, 4.69) is 10.1 Å². The zero-order chi connectivity index (χ0) is 16.9. The van der Waals surface area contributed by atoms with Crippen LogP contribution in [-0.2, 0) is 0 Å². The van der Waals surface area contributed by atoms with E-state index in [0.717, 1.165) is 11.1 Å². The molecule has 0 bridgehead atoms. The maximum atomic E-state index is 12.5. The van der Waals surface area contributed by atoms with Crippen LogP contribution in [0, 0.1) is 0 Å². The molecule has 0 saturated carbocycles. The molecule has 0 aliphatic carbocycles. The monoisotopic (exact) mass is 345 g/mol. The Kier molecular flexibility index (Phi) is 4.86. The number of nitrogens with one attached hydrogen (secondary N) is 1. The molecule has 1 amide bonds. The number of anilines is 1. The van der Waals surface area contributed by atoms with Gasteiger partial charge in [-0.1, -0.05) is 30.3 Å². The van der Waals surface area contributed by atoms with Gasteiger partial charge in [-0.3, -0.25) is 4.79 Å². The molecule has 0 saturated heterocycles. The van der Waals surface area contributed by atoms with Gasteiger partial charge in [0.25, 0.3) is 5.91 Å². The second kappa shape index (κ2) is 7.23. The lowest BCUT2D eigenvalue weighted by Gasteiger charge is -2.08. The first kappa shape index (κ1) is 16.1. The quantitative estimate of drug-likeness (QED) is 0.684. The first-order valence-corrected chi connectivity index (χ1v) is 8.00. The van der Waals surface area contributed by atoms with Crippen LogP contribution in [0.25, 0.3) is 11.1 Å². The zero-order valence-corrected chi connectivity index (χ0v) is 13.2. The van der Waals surface area contributed by atoms with Crippen molar-refractivity contribution >= 4 is 22.9 Å². The molecular formula is C18H13F2NO2S. The largest absolute Gasteiger partial charge is 0.435 e. The van der Waals surface area contributed by atoms with Crippen molar-refractivity contribution < 1.29 is 18.3 Å². The van der Waals surface area contributed by atoms with E-state index in [1.54, 1.807) is 0 Å². The number of ether oxygens (including phenoxy) is 1. The van der Waals surface area contributed by atoms with E-state index in [0.29, 0.717) is 10.6 Å². The van der Waals surface area contributed by atoms with Crippen LogP contribution < -0.4 is 10.1 Å². The normalized spacial score (nSPS) is 10.6. The fourth-order valence-corrected chi connectivity index (χ4v) is 3.05. The predicted molar refractivity (Wildman–Crippen MR) is 90.8 cm³/mol. The highest BCUT2D eigenvalue weighted by Crippen LogP contribution is 2.29. The molecule has 0 aliphatic heterocycles. The number of amides is 1. The van der Waals surface area contributed by atoms with Crippen LogP contribution in [-0.4, -0.2) is 12.5 Å². The fraction of sp³-hybridized carbons (Fsp3) is 0.0556. The number of rotatable bonds is 5. The Morgan fingerprint density at radius 3 is 2.38 bits per heavy atom. The summed E-state index contributed by atoms with van der Waals surface area (Å²) in [6, 6.07) is 17.3. The summed E-state index contributed by atoms with van der Waals surface area (Å²) in [5, 5.41) is 4.62. The van der Waals surface area contributed by atoms with Crippen LogP contribution in [0.15, 0.2) is 66.0 Å². The molecule has 0 unspecified atom stereocenters. The van der Waals surface area contributed by atoms with Gasteiger partial charge >= 0.3 is 6.61 Å². The third-order valence-electron chi connectivity index (χ3n) is 3.29. The lowest BCUT2D eigenvalue weighted by atomic mass is 10.1. The minimum atomic E-state index is -2.87.